The first-order chi connectivity index (χ1) is 14.7. The molecule has 0 unspecified atom stereocenters. The van der Waals surface area contributed by atoms with E-state index in [0.717, 1.165) is 0 Å². The number of rotatable bonds is 5. The lowest BCUT2D eigenvalue weighted by atomic mass is 10.1. The van der Waals surface area contributed by atoms with E-state index in [1.165, 1.54) is 30.0 Å². The third kappa shape index (κ3) is 5.50. The van der Waals surface area contributed by atoms with Gasteiger partial charge in [0.25, 0.3) is 0 Å². The summed E-state index contributed by atoms with van der Waals surface area (Å²) in [6.07, 6.45) is 2.71. The summed E-state index contributed by atoms with van der Waals surface area (Å²) in [7, 11) is 1.22. The SMILES string of the molecule is COC(=O)c1cc(Cl)cc(Br)c1NC(=S)/C(F)=C/c1cc(Br)nn1-c1ncccc1Cl. The van der Waals surface area contributed by atoms with Crippen LogP contribution in [0.1, 0.15) is 16.1 Å². The number of carbonyl (C=O) groups excluding carboxylic acids is 1. The highest BCUT2D eigenvalue weighted by Crippen LogP contribution is 2.32. The fraction of sp³-hybridized carbons (Fsp3) is 0.0526. The number of aromatic nitrogens is 3. The summed E-state index contributed by atoms with van der Waals surface area (Å²) in [5.74, 6) is -1.13. The van der Waals surface area contributed by atoms with E-state index in [1.54, 1.807) is 24.4 Å². The first kappa shape index (κ1) is 23.8. The number of thiocarbonyl (C=S) groups is 1. The molecule has 3 rings (SSSR count). The molecule has 160 valence electrons. The fourth-order valence-corrected chi connectivity index (χ4v) is 4.18. The molecule has 0 fully saturated rings. The number of halogens is 5. The van der Waals surface area contributed by atoms with Crippen LogP contribution in [0, 0.1) is 0 Å². The predicted molar refractivity (Wildman–Crippen MR) is 130 cm³/mol. The van der Waals surface area contributed by atoms with Crippen molar-refractivity contribution in [2.75, 3.05) is 12.4 Å². The lowest BCUT2D eigenvalue weighted by molar-refractivity contribution is 0.0602. The highest BCUT2D eigenvalue weighted by Gasteiger charge is 2.19. The minimum absolute atomic E-state index is 0.0880. The van der Waals surface area contributed by atoms with E-state index in [-0.39, 0.29) is 16.2 Å². The standard InChI is InChI=1S/C19H11Br2Cl2FN4O2S/c1-30-19(29)11-5-9(22)6-12(20)16(11)26-18(31)14(24)7-10-8-15(21)27-28(10)17-13(23)3-2-4-25-17/h2-8H,1H3,(H,26,31)/b14-7-. The van der Waals surface area contributed by atoms with E-state index < -0.39 is 11.8 Å². The zero-order valence-corrected chi connectivity index (χ0v) is 21.0. The molecule has 0 atom stereocenters. The zero-order chi connectivity index (χ0) is 22.7. The van der Waals surface area contributed by atoms with Gasteiger partial charge in [-0.2, -0.15) is 5.10 Å². The van der Waals surface area contributed by atoms with Gasteiger partial charge in [0.1, 0.15) is 9.59 Å². The molecule has 1 N–H and O–H groups in total. The molecule has 0 amide bonds. The van der Waals surface area contributed by atoms with Crippen LogP contribution in [0.5, 0.6) is 0 Å². The lowest BCUT2D eigenvalue weighted by Crippen LogP contribution is -2.15. The van der Waals surface area contributed by atoms with Crippen molar-refractivity contribution in [3.8, 4) is 5.82 Å². The lowest BCUT2D eigenvalue weighted by Gasteiger charge is -2.13. The van der Waals surface area contributed by atoms with Crippen molar-refractivity contribution in [3.05, 3.63) is 72.7 Å². The van der Waals surface area contributed by atoms with Gasteiger partial charge in [-0.25, -0.2) is 18.9 Å². The maximum atomic E-state index is 15.0. The second-order valence-electron chi connectivity index (χ2n) is 5.86. The summed E-state index contributed by atoms with van der Waals surface area (Å²) in [6.45, 7) is 0. The van der Waals surface area contributed by atoms with E-state index in [9.17, 15) is 9.18 Å². The van der Waals surface area contributed by atoms with Crippen molar-refractivity contribution in [3.63, 3.8) is 0 Å². The van der Waals surface area contributed by atoms with Crippen LogP contribution in [-0.4, -0.2) is 32.8 Å². The normalized spacial score (nSPS) is 11.4. The molecule has 0 aliphatic carbocycles. The molecule has 1 aromatic carbocycles. The van der Waals surface area contributed by atoms with Crippen LogP contribution in [0.4, 0.5) is 10.1 Å². The number of nitrogens with zero attached hydrogens (tertiary/aromatic N) is 3. The Morgan fingerprint density at radius 1 is 1.32 bits per heavy atom. The van der Waals surface area contributed by atoms with Crippen LogP contribution in [0.2, 0.25) is 10.0 Å². The number of carbonyl (C=O) groups is 1. The summed E-state index contributed by atoms with van der Waals surface area (Å²) in [5.41, 5.74) is 0.634. The average molecular weight is 609 g/mol. The number of anilines is 1. The van der Waals surface area contributed by atoms with Crippen LogP contribution in [-0.2, 0) is 4.74 Å². The molecule has 31 heavy (non-hydrogen) atoms. The summed E-state index contributed by atoms with van der Waals surface area (Å²) >= 11 is 23.9. The van der Waals surface area contributed by atoms with Crippen LogP contribution in [0.15, 0.2) is 51.4 Å². The summed E-state index contributed by atoms with van der Waals surface area (Å²) in [6, 6.07) is 7.81. The minimum atomic E-state index is -0.784. The van der Waals surface area contributed by atoms with Gasteiger partial charge in [-0.3, -0.25) is 0 Å². The molecule has 2 aromatic heterocycles. The molecule has 6 nitrogen and oxygen atoms in total. The molecule has 0 bridgehead atoms. The highest BCUT2D eigenvalue weighted by molar-refractivity contribution is 9.10. The number of ether oxygens (including phenoxy) is 1. The van der Waals surface area contributed by atoms with Crippen molar-refractivity contribution in [2.24, 2.45) is 0 Å². The quantitative estimate of drug-likeness (QED) is 0.199. The van der Waals surface area contributed by atoms with Gasteiger partial charge in [0.2, 0.25) is 0 Å². The van der Waals surface area contributed by atoms with E-state index >= 15 is 0 Å². The van der Waals surface area contributed by atoms with Crippen LogP contribution >= 0.6 is 67.3 Å². The molecule has 3 aromatic rings. The maximum Gasteiger partial charge on any atom is 0.340 e. The van der Waals surface area contributed by atoms with Crippen LogP contribution in [0.3, 0.4) is 0 Å². The Hall–Kier alpha value is -1.85. The molecule has 0 aliphatic rings. The van der Waals surface area contributed by atoms with Gasteiger partial charge in [-0.05, 0) is 62.2 Å². The maximum absolute atomic E-state index is 15.0. The monoisotopic (exact) mass is 606 g/mol. The first-order valence-electron chi connectivity index (χ1n) is 8.33. The summed E-state index contributed by atoms with van der Waals surface area (Å²) in [4.78, 5) is 16.0. The third-order valence-corrected chi connectivity index (χ3v) is 5.66. The van der Waals surface area contributed by atoms with Gasteiger partial charge < -0.3 is 10.1 Å². The Bertz CT molecular complexity index is 1220. The number of hydrogen-bond donors (Lipinski definition) is 1. The van der Waals surface area contributed by atoms with Crippen molar-refractivity contribution >= 4 is 90.0 Å². The Labute approximate surface area is 208 Å². The smallest absolute Gasteiger partial charge is 0.340 e. The predicted octanol–water partition coefficient (Wildman–Crippen LogP) is 6.64. The molecule has 12 heteroatoms. The first-order valence-corrected chi connectivity index (χ1v) is 11.1. The van der Waals surface area contributed by atoms with E-state index in [1.807, 2.05) is 0 Å². The summed E-state index contributed by atoms with van der Waals surface area (Å²) < 4.78 is 22.0. The molecule has 0 radical (unpaired) electrons. The number of pyridine rings is 1. The number of nitrogens with one attached hydrogen (secondary N) is 1. The molecule has 2 heterocycles. The van der Waals surface area contributed by atoms with Gasteiger partial charge in [-0.15, -0.1) is 0 Å². The van der Waals surface area contributed by atoms with Crippen molar-refractivity contribution in [2.45, 2.75) is 0 Å². The van der Waals surface area contributed by atoms with Crippen molar-refractivity contribution < 1.29 is 13.9 Å². The van der Waals surface area contributed by atoms with Crippen LogP contribution < -0.4 is 5.32 Å². The number of methoxy groups -OCH3 is 1. The number of hydrogen-bond acceptors (Lipinski definition) is 5. The van der Waals surface area contributed by atoms with Gasteiger partial charge >= 0.3 is 5.97 Å². The zero-order valence-electron chi connectivity index (χ0n) is 15.5. The van der Waals surface area contributed by atoms with E-state index in [2.05, 4.69) is 47.3 Å². The topological polar surface area (TPSA) is 69.0 Å². The number of esters is 1. The summed E-state index contributed by atoms with van der Waals surface area (Å²) in [5, 5.41) is 7.58. The Morgan fingerprint density at radius 2 is 2.06 bits per heavy atom. The molecule has 0 saturated carbocycles. The van der Waals surface area contributed by atoms with Crippen molar-refractivity contribution in [1.82, 2.24) is 14.8 Å². The molecular weight excluding hydrogens is 598 g/mol. The second-order valence-corrected chi connectivity index (χ2v) is 8.78. The Morgan fingerprint density at radius 3 is 2.74 bits per heavy atom. The van der Waals surface area contributed by atoms with Gasteiger partial charge in [0, 0.05) is 21.8 Å². The molecular formula is C19H11Br2Cl2FN4O2S. The highest BCUT2D eigenvalue weighted by atomic mass is 79.9. The largest absolute Gasteiger partial charge is 0.465 e. The van der Waals surface area contributed by atoms with Gasteiger partial charge in [-0.1, -0.05) is 35.4 Å². The fourth-order valence-electron chi connectivity index (χ4n) is 2.51. The van der Waals surface area contributed by atoms with E-state index in [0.29, 0.717) is 30.6 Å². The van der Waals surface area contributed by atoms with Gasteiger partial charge in [0.15, 0.2) is 11.6 Å². The minimum Gasteiger partial charge on any atom is -0.465 e. The average Bonchev–Trinajstić information content (AvgIpc) is 3.09. The second kappa shape index (κ2) is 10.2. The molecule has 0 spiro atoms. The Kier molecular flexibility index (Phi) is 7.82. The molecule has 0 saturated heterocycles. The van der Waals surface area contributed by atoms with Crippen molar-refractivity contribution in [1.29, 1.82) is 0 Å². The number of benzene rings is 1. The Balaban J connectivity index is 1.96. The van der Waals surface area contributed by atoms with E-state index in [4.69, 9.17) is 40.2 Å². The van der Waals surface area contributed by atoms with Gasteiger partial charge in [0.05, 0.1) is 29.1 Å². The molecule has 0 aliphatic heterocycles. The third-order valence-electron chi connectivity index (χ3n) is 3.84. The van der Waals surface area contributed by atoms with Crippen LogP contribution in [0.25, 0.3) is 11.9 Å².